The average molecular weight is 329 g/mol. The van der Waals surface area contributed by atoms with Crippen molar-refractivity contribution in [1.82, 2.24) is 5.06 Å². The Morgan fingerprint density at radius 3 is 2.68 bits per heavy atom. The van der Waals surface area contributed by atoms with Gasteiger partial charge in [0.05, 0.1) is 0 Å². The van der Waals surface area contributed by atoms with Crippen molar-refractivity contribution in [2.24, 2.45) is 0 Å². The van der Waals surface area contributed by atoms with E-state index in [1.54, 1.807) is 7.05 Å². The SMILES string of the molecule is CN(O)CCCc1ccc(/C=C/c2cc3ccccc3s2)s1. The van der Waals surface area contributed by atoms with Gasteiger partial charge in [0.25, 0.3) is 0 Å². The second-order valence-electron chi connectivity index (χ2n) is 5.31. The van der Waals surface area contributed by atoms with Gasteiger partial charge in [0.15, 0.2) is 0 Å². The molecule has 2 heterocycles. The van der Waals surface area contributed by atoms with Gasteiger partial charge in [0.2, 0.25) is 0 Å². The van der Waals surface area contributed by atoms with E-state index in [0.717, 1.165) is 12.8 Å². The van der Waals surface area contributed by atoms with Gasteiger partial charge < -0.3 is 5.21 Å². The molecule has 0 aliphatic carbocycles. The van der Waals surface area contributed by atoms with Crippen molar-refractivity contribution in [3.05, 3.63) is 57.1 Å². The van der Waals surface area contributed by atoms with Gasteiger partial charge in [-0.2, -0.15) is 5.06 Å². The van der Waals surface area contributed by atoms with Gasteiger partial charge in [0.1, 0.15) is 0 Å². The maximum atomic E-state index is 9.13. The van der Waals surface area contributed by atoms with Crippen molar-refractivity contribution in [2.45, 2.75) is 12.8 Å². The number of aryl methyl sites for hydroxylation is 1. The number of hydroxylamine groups is 2. The van der Waals surface area contributed by atoms with Crippen LogP contribution in [0.2, 0.25) is 0 Å². The monoisotopic (exact) mass is 329 g/mol. The highest BCUT2D eigenvalue weighted by Crippen LogP contribution is 2.27. The third-order valence-corrected chi connectivity index (χ3v) is 5.64. The molecule has 0 atom stereocenters. The fourth-order valence-corrected chi connectivity index (χ4v) is 4.27. The van der Waals surface area contributed by atoms with Crippen LogP contribution in [0.15, 0.2) is 42.5 Å². The topological polar surface area (TPSA) is 23.5 Å². The van der Waals surface area contributed by atoms with Crippen LogP contribution in [0.5, 0.6) is 0 Å². The molecule has 0 saturated heterocycles. The molecule has 0 radical (unpaired) electrons. The zero-order valence-corrected chi connectivity index (χ0v) is 14.2. The molecule has 1 N–H and O–H groups in total. The van der Waals surface area contributed by atoms with Crippen LogP contribution in [0.1, 0.15) is 21.1 Å². The molecule has 0 spiro atoms. The van der Waals surface area contributed by atoms with Crippen molar-refractivity contribution in [3.8, 4) is 0 Å². The molecule has 4 heteroatoms. The molecule has 0 saturated carbocycles. The zero-order chi connectivity index (χ0) is 15.4. The van der Waals surface area contributed by atoms with E-state index in [9.17, 15) is 0 Å². The molecular weight excluding hydrogens is 310 g/mol. The van der Waals surface area contributed by atoms with Gasteiger partial charge in [-0.3, -0.25) is 0 Å². The molecule has 22 heavy (non-hydrogen) atoms. The minimum atomic E-state index is 0.713. The van der Waals surface area contributed by atoms with Gasteiger partial charge in [-0.1, -0.05) is 18.2 Å². The number of fused-ring (bicyclic) bond motifs is 1. The van der Waals surface area contributed by atoms with Crippen LogP contribution in [0, 0.1) is 0 Å². The van der Waals surface area contributed by atoms with Crippen LogP contribution in [0.25, 0.3) is 22.2 Å². The molecule has 3 rings (SSSR count). The van der Waals surface area contributed by atoms with E-state index in [1.165, 1.54) is 29.8 Å². The summed E-state index contributed by atoms with van der Waals surface area (Å²) in [6, 6.07) is 15.1. The van der Waals surface area contributed by atoms with Crippen molar-refractivity contribution in [2.75, 3.05) is 13.6 Å². The standard InChI is InChI=1S/C18H19NOS2/c1-19(20)12-4-6-15-8-9-16(21-15)10-11-17-13-14-5-2-3-7-18(14)22-17/h2-3,5,7-11,13,20H,4,6,12H2,1H3/b11-10+. The lowest BCUT2D eigenvalue weighted by Gasteiger charge is -2.05. The molecule has 0 amide bonds. The molecule has 114 valence electrons. The first-order valence-corrected chi connectivity index (χ1v) is 8.99. The van der Waals surface area contributed by atoms with Crippen LogP contribution in [0.3, 0.4) is 0 Å². The van der Waals surface area contributed by atoms with E-state index >= 15 is 0 Å². The van der Waals surface area contributed by atoms with Crippen LogP contribution in [0.4, 0.5) is 0 Å². The molecule has 0 unspecified atom stereocenters. The predicted molar refractivity (Wildman–Crippen MR) is 97.8 cm³/mol. The molecule has 2 nitrogen and oxygen atoms in total. The molecule has 1 aromatic carbocycles. The Labute approximate surface area is 138 Å². The molecule has 0 aliphatic rings. The Hall–Kier alpha value is -1.46. The first-order chi connectivity index (χ1) is 10.7. The van der Waals surface area contributed by atoms with Gasteiger partial charge in [0, 0.05) is 32.9 Å². The Balaban J connectivity index is 1.64. The quantitative estimate of drug-likeness (QED) is 0.613. The lowest BCUT2D eigenvalue weighted by atomic mass is 10.2. The van der Waals surface area contributed by atoms with Crippen molar-refractivity contribution < 1.29 is 5.21 Å². The van der Waals surface area contributed by atoms with E-state index in [4.69, 9.17) is 5.21 Å². The Morgan fingerprint density at radius 1 is 1.05 bits per heavy atom. The lowest BCUT2D eigenvalue weighted by Crippen LogP contribution is -2.14. The van der Waals surface area contributed by atoms with E-state index in [1.807, 2.05) is 22.7 Å². The van der Waals surface area contributed by atoms with E-state index < -0.39 is 0 Å². The van der Waals surface area contributed by atoms with Crippen molar-refractivity contribution in [3.63, 3.8) is 0 Å². The van der Waals surface area contributed by atoms with Crippen LogP contribution in [-0.4, -0.2) is 23.9 Å². The molecule has 0 fully saturated rings. The van der Waals surface area contributed by atoms with Gasteiger partial charge >= 0.3 is 0 Å². The third kappa shape index (κ3) is 4.05. The summed E-state index contributed by atoms with van der Waals surface area (Å²) < 4.78 is 1.34. The van der Waals surface area contributed by atoms with Crippen LogP contribution >= 0.6 is 22.7 Å². The smallest absolute Gasteiger partial charge is 0.0349 e. The summed E-state index contributed by atoms with van der Waals surface area (Å²) in [7, 11) is 1.69. The highest BCUT2D eigenvalue weighted by Gasteiger charge is 2.01. The summed E-state index contributed by atoms with van der Waals surface area (Å²) in [5.41, 5.74) is 0. The number of hydrogen-bond donors (Lipinski definition) is 1. The number of nitrogens with zero attached hydrogens (tertiary/aromatic N) is 1. The average Bonchev–Trinajstić information content (AvgIpc) is 3.10. The summed E-state index contributed by atoms with van der Waals surface area (Å²) in [4.78, 5) is 3.95. The first-order valence-electron chi connectivity index (χ1n) is 7.36. The number of thiophene rings is 2. The third-order valence-electron chi connectivity index (χ3n) is 3.44. The van der Waals surface area contributed by atoms with E-state index in [-0.39, 0.29) is 0 Å². The molecule has 0 bridgehead atoms. The second kappa shape index (κ2) is 7.20. The highest BCUT2D eigenvalue weighted by molar-refractivity contribution is 7.20. The zero-order valence-electron chi connectivity index (χ0n) is 12.5. The fourth-order valence-electron chi connectivity index (χ4n) is 2.35. The minimum Gasteiger partial charge on any atom is -0.314 e. The van der Waals surface area contributed by atoms with Gasteiger partial charge in [-0.15, -0.1) is 22.7 Å². The van der Waals surface area contributed by atoms with Crippen molar-refractivity contribution in [1.29, 1.82) is 0 Å². The van der Waals surface area contributed by atoms with Gasteiger partial charge in [-0.05, 0) is 54.6 Å². The fraction of sp³-hybridized carbons (Fsp3) is 0.222. The number of rotatable bonds is 6. The predicted octanol–water partition coefficient (Wildman–Crippen LogP) is 5.39. The highest BCUT2D eigenvalue weighted by atomic mass is 32.1. The Kier molecular flexibility index (Phi) is 5.05. The maximum absolute atomic E-state index is 9.13. The first kappa shape index (κ1) is 15.4. The lowest BCUT2D eigenvalue weighted by molar-refractivity contribution is -0.0650. The van der Waals surface area contributed by atoms with Crippen molar-refractivity contribution >= 4 is 44.9 Å². The summed E-state index contributed by atoms with van der Waals surface area (Å²) in [6.45, 7) is 0.713. The van der Waals surface area contributed by atoms with Crippen LogP contribution < -0.4 is 0 Å². The summed E-state index contributed by atoms with van der Waals surface area (Å²) in [5.74, 6) is 0. The Bertz CT molecular complexity index is 737. The Morgan fingerprint density at radius 2 is 1.86 bits per heavy atom. The summed E-state index contributed by atoms with van der Waals surface area (Å²) >= 11 is 3.65. The number of benzene rings is 1. The molecule has 3 aromatic rings. The minimum absolute atomic E-state index is 0.713. The molecule has 2 aromatic heterocycles. The van der Waals surface area contributed by atoms with E-state index in [2.05, 4.69) is 54.6 Å². The normalized spacial score (nSPS) is 12.0. The summed E-state index contributed by atoms with van der Waals surface area (Å²) in [6.07, 6.45) is 6.39. The second-order valence-corrected chi connectivity index (χ2v) is 7.62. The maximum Gasteiger partial charge on any atom is 0.0349 e. The molecule has 0 aliphatic heterocycles. The van der Waals surface area contributed by atoms with E-state index in [0.29, 0.717) is 6.54 Å². The summed E-state index contributed by atoms with van der Waals surface area (Å²) in [5, 5.41) is 11.7. The van der Waals surface area contributed by atoms with Crippen LogP contribution in [-0.2, 0) is 6.42 Å². The molecular formula is C18H19NOS2. The number of hydrogen-bond acceptors (Lipinski definition) is 4. The largest absolute Gasteiger partial charge is 0.314 e. The van der Waals surface area contributed by atoms with Gasteiger partial charge in [-0.25, -0.2) is 0 Å².